The van der Waals surface area contributed by atoms with Gasteiger partial charge in [0.15, 0.2) is 5.54 Å². The van der Waals surface area contributed by atoms with Crippen LogP contribution in [0.3, 0.4) is 0 Å². The number of pyridine rings is 1. The van der Waals surface area contributed by atoms with E-state index in [4.69, 9.17) is 37.4 Å². The van der Waals surface area contributed by atoms with Crippen molar-refractivity contribution >= 4 is 35.0 Å². The number of halogens is 5. The summed E-state index contributed by atoms with van der Waals surface area (Å²) in [6, 6.07) is 2.92. The molecule has 35 heavy (non-hydrogen) atoms. The number of amides is 2. The van der Waals surface area contributed by atoms with Crippen molar-refractivity contribution in [3.8, 4) is 16.9 Å². The number of aromatic nitrogens is 1. The predicted molar refractivity (Wildman–Crippen MR) is 121 cm³/mol. The highest BCUT2D eigenvalue weighted by Gasteiger charge is 2.47. The Morgan fingerprint density at radius 3 is 2.54 bits per heavy atom. The molecule has 1 aromatic carbocycles. The van der Waals surface area contributed by atoms with Crippen molar-refractivity contribution in [3.63, 3.8) is 0 Å². The molecule has 1 fully saturated rings. The Kier molecular flexibility index (Phi) is 8.81. The summed E-state index contributed by atoms with van der Waals surface area (Å²) in [6.07, 6.45) is -1.47. The minimum absolute atomic E-state index is 0.0261. The molecule has 0 aliphatic carbocycles. The van der Waals surface area contributed by atoms with Gasteiger partial charge in [-0.15, -0.1) is 0 Å². The summed E-state index contributed by atoms with van der Waals surface area (Å²) in [5.41, 5.74) is -1.04. The van der Waals surface area contributed by atoms with Crippen LogP contribution < -0.4 is 15.4 Å². The van der Waals surface area contributed by atoms with E-state index in [0.29, 0.717) is 0 Å². The van der Waals surface area contributed by atoms with Crippen LogP contribution in [0.25, 0.3) is 11.1 Å². The number of ether oxygens (including phenoxy) is 3. The molecule has 2 N–H and O–H groups in total. The number of rotatable bonds is 10. The highest BCUT2D eigenvalue weighted by Crippen LogP contribution is 2.39. The summed E-state index contributed by atoms with van der Waals surface area (Å²) in [6.45, 7) is 0.261. The van der Waals surface area contributed by atoms with Gasteiger partial charge in [0.1, 0.15) is 24.8 Å². The summed E-state index contributed by atoms with van der Waals surface area (Å²) in [5, 5.41) is 5.34. The largest absolute Gasteiger partial charge is 0.485 e. The third kappa shape index (κ3) is 6.35. The fourth-order valence-electron chi connectivity index (χ4n) is 3.39. The van der Waals surface area contributed by atoms with Crippen molar-refractivity contribution in [1.82, 2.24) is 15.6 Å². The van der Waals surface area contributed by atoms with Gasteiger partial charge in [0, 0.05) is 29.5 Å². The first kappa shape index (κ1) is 27.0. The molecule has 8 nitrogen and oxygen atoms in total. The molecule has 0 radical (unpaired) electrons. The molecule has 0 spiro atoms. The van der Waals surface area contributed by atoms with Gasteiger partial charge in [-0.05, 0) is 25.1 Å². The number of nitrogens with one attached hydrogen (secondary N) is 2. The average molecular weight is 536 g/mol. The standard InChI is InChI=1S/C22H22Cl2F3N3O5/c1-11(29-21(32)22(9-34-10-22)30-18(31)8-33-2)19-16(25)3-12(6-28-19)14-4-13(23)5-15(24)20(14)35-7-17(26)27/h3-6,11,17H,7-10H2,1-2H3,(H,29,32)(H,30,31). The Hall–Kier alpha value is -2.60. The van der Waals surface area contributed by atoms with Crippen LogP contribution in [-0.2, 0) is 19.1 Å². The van der Waals surface area contributed by atoms with E-state index >= 15 is 4.39 Å². The molecule has 2 amide bonds. The fraction of sp³-hybridized carbons (Fsp3) is 0.409. The van der Waals surface area contributed by atoms with Gasteiger partial charge in [-0.2, -0.15) is 0 Å². The first-order valence-electron chi connectivity index (χ1n) is 10.3. The number of hydrogen-bond donors (Lipinski definition) is 2. The van der Waals surface area contributed by atoms with Crippen LogP contribution in [0.2, 0.25) is 10.0 Å². The maximum Gasteiger partial charge on any atom is 0.272 e. The number of hydrogen-bond acceptors (Lipinski definition) is 6. The van der Waals surface area contributed by atoms with Crippen molar-refractivity contribution in [1.29, 1.82) is 0 Å². The molecule has 13 heteroatoms. The highest BCUT2D eigenvalue weighted by molar-refractivity contribution is 6.36. The zero-order valence-electron chi connectivity index (χ0n) is 18.7. The quantitative estimate of drug-likeness (QED) is 0.482. The van der Waals surface area contributed by atoms with Crippen LogP contribution in [0, 0.1) is 5.82 Å². The molecule has 3 rings (SSSR count). The summed E-state index contributed by atoms with van der Waals surface area (Å²) < 4.78 is 55.3. The number of methoxy groups -OCH3 is 1. The predicted octanol–water partition coefficient (Wildman–Crippen LogP) is 3.55. The average Bonchev–Trinajstić information content (AvgIpc) is 2.74. The molecular formula is C22H22Cl2F3N3O5. The lowest BCUT2D eigenvalue weighted by molar-refractivity contribution is -0.155. The summed E-state index contributed by atoms with van der Waals surface area (Å²) >= 11 is 12.1. The number of carbonyl (C=O) groups excluding carboxylic acids is 2. The SMILES string of the molecule is COCC(=O)NC1(C(=O)NC(C)c2ncc(-c3cc(Cl)cc(Cl)c3OCC(F)F)cc2F)COC1. The lowest BCUT2D eigenvalue weighted by Crippen LogP contribution is -2.70. The van der Waals surface area contributed by atoms with Gasteiger partial charge in [-0.3, -0.25) is 14.6 Å². The Balaban J connectivity index is 1.81. The zero-order valence-corrected chi connectivity index (χ0v) is 20.2. The molecule has 2 aromatic rings. The lowest BCUT2D eigenvalue weighted by Gasteiger charge is -2.40. The van der Waals surface area contributed by atoms with E-state index in [1.165, 1.54) is 32.4 Å². The number of carbonyl (C=O) groups is 2. The van der Waals surface area contributed by atoms with Crippen molar-refractivity contribution in [2.75, 3.05) is 33.5 Å². The monoisotopic (exact) mass is 535 g/mol. The fourth-order valence-corrected chi connectivity index (χ4v) is 3.93. The second-order valence-corrected chi connectivity index (χ2v) is 8.65. The zero-order chi connectivity index (χ0) is 25.8. The molecule has 1 aliphatic rings. The molecular weight excluding hydrogens is 514 g/mol. The van der Waals surface area contributed by atoms with E-state index in [0.717, 1.165) is 6.07 Å². The molecule has 1 aromatic heterocycles. The molecule has 2 heterocycles. The third-order valence-electron chi connectivity index (χ3n) is 5.09. The Bertz CT molecular complexity index is 1100. The molecule has 1 atom stereocenters. The van der Waals surface area contributed by atoms with E-state index in [1.807, 2.05) is 0 Å². The third-order valence-corrected chi connectivity index (χ3v) is 5.59. The molecule has 0 saturated carbocycles. The Labute approximate surface area is 209 Å². The second kappa shape index (κ2) is 11.4. The van der Waals surface area contributed by atoms with Gasteiger partial charge in [0.2, 0.25) is 5.91 Å². The van der Waals surface area contributed by atoms with Crippen LogP contribution in [0.1, 0.15) is 18.7 Å². The van der Waals surface area contributed by atoms with Crippen LogP contribution in [0.5, 0.6) is 5.75 Å². The van der Waals surface area contributed by atoms with Crippen LogP contribution >= 0.6 is 23.2 Å². The van der Waals surface area contributed by atoms with Crippen molar-refractivity contribution in [3.05, 3.63) is 46.0 Å². The topological polar surface area (TPSA) is 98.8 Å². The van der Waals surface area contributed by atoms with Crippen LogP contribution in [0.15, 0.2) is 24.4 Å². The number of alkyl halides is 2. The molecule has 190 valence electrons. The normalized spacial score (nSPS) is 15.3. The van der Waals surface area contributed by atoms with Crippen molar-refractivity contribution in [2.45, 2.75) is 24.9 Å². The van der Waals surface area contributed by atoms with Gasteiger partial charge >= 0.3 is 0 Å². The summed E-state index contributed by atoms with van der Waals surface area (Å²) in [7, 11) is 1.34. The smallest absolute Gasteiger partial charge is 0.272 e. The van der Waals surface area contributed by atoms with E-state index in [9.17, 15) is 18.4 Å². The maximum absolute atomic E-state index is 15.0. The number of benzene rings is 1. The minimum atomic E-state index is -2.75. The summed E-state index contributed by atoms with van der Waals surface area (Å²) in [5.74, 6) is -1.95. The van der Waals surface area contributed by atoms with E-state index in [1.54, 1.807) is 0 Å². The van der Waals surface area contributed by atoms with E-state index in [-0.39, 0.29) is 52.4 Å². The van der Waals surface area contributed by atoms with Gasteiger partial charge in [-0.25, -0.2) is 13.2 Å². The first-order valence-corrected chi connectivity index (χ1v) is 11.1. The molecule has 0 bridgehead atoms. The number of nitrogens with zero attached hydrogens (tertiary/aromatic N) is 1. The lowest BCUT2D eigenvalue weighted by atomic mass is 9.95. The highest BCUT2D eigenvalue weighted by atomic mass is 35.5. The van der Waals surface area contributed by atoms with Crippen LogP contribution in [-0.4, -0.2) is 62.3 Å². The van der Waals surface area contributed by atoms with Crippen molar-refractivity contribution < 1.29 is 37.0 Å². The van der Waals surface area contributed by atoms with Crippen molar-refractivity contribution in [2.24, 2.45) is 0 Å². The minimum Gasteiger partial charge on any atom is -0.485 e. The Morgan fingerprint density at radius 2 is 1.97 bits per heavy atom. The first-order chi connectivity index (χ1) is 16.6. The molecule has 1 unspecified atom stereocenters. The maximum atomic E-state index is 15.0. The molecule has 1 saturated heterocycles. The van der Waals surface area contributed by atoms with Gasteiger partial charge in [0.05, 0.1) is 30.0 Å². The van der Waals surface area contributed by atoms with E-state index in [2.05, 4.69) is 15.6 Å². The van der Waals surface area contributed by atoms with E-state index < -0.39 is 42.2 Å². The summed E-state index contributed by atoms with van der Waals surface area (Å²) in [4.78, 5) is 28.8. The molecule has 1 aliphatic heterocycles. The van der Waals surface area contributed by atoms with Gasteiger partial charge < -0.3 is 24.8 Å². The van der Waals surface area contributed by atoms with Gasteiger partial charge in [0.25, 0.3) is 12.3 Å². The Morgan fingerprint density at radius 1 is 1.26 bits per heavy atom. The van der Waals surface area contributed by atoms with Crippen LogP contribution in [0.4, 0.5) is 13.2 Å². The second-order valence-electron chi connectivity index (χ2n) is 7.81. The van der Waals surface area contributed by atoms with Gasteiger partial charge in [-0.1, -0.05) is 23.2 Å².